The number of nitrogens with two attached hydrogens (primary N) is 1. The summed E-state index contributed by atoms with van der Waals surface area (Å²) in [4.78, 5) is 11.7. The molecule has 0 aliphatic carbocycles. The number of hydrogen-bond acceptors (Lipinski definition) is 6. The van der Waals surface area contributed by atoms with Crippen LogP contribution in [-0.2, 0) is 14.9 Å². The molecule has 2 aromatic carbocycles. The van der Waals surface area contributed by atoms with Gasteiger partial charge in [-0.05, 0) is 56.2 Å². The minimum Gasteiger partial charge on any atom is -0.465 e. The number of carbonyl (C=O) groups is 1. The van der Waals surface area contributed by atoms with Crippen LogP contribution in [0.5, 0.6) is 6.01 Å². The maximum absolute atomic E-state index is 13.0. The lowest BCUT2D eigenvalue weighted by molar-refractivity contribution is -0.599. The van der Waals surface area contributed by atoms with Gasteiger partial charge in [0.1, 0.15) is 16.8 Å². The third-order valence-electron chi connectivity index (χ3n) is 4.41. The van der Waals surface area contributed by atoms with Crippen molar-refractivity contribution in [3.05, 3.63) is 71.0 Å². The van der Waals surface area contributed by atoms with Crippen molar-refractivity contribution in [2.75, 3.05) is 13.0 Å². The van der Waals surface area contributed by atoms with Gasteiger partial charge in [-0.2, -0.15) is 13.0 Å². The van der Waals surface area contributed by atoms with E-state index in [1.807, 2.05) is 6.92 Å². The van der Waals surface area contributed by atoms with E-state index in [-0.39, 0.29) is 10.9 Å². The number of ether oxygens (including phenoxy) is 1. The maximum atomic E-state index is 13.0. The molecule has 0 amide bonds. The Hall–Kier alpha value is -3.33. The maximum Gasteiger partial charge on any atom is 0.501 e. The summed E-state index contributed by atoms with van der Waals surface area (Å²) in [6, 6.07) is 9.86. The second kappa shape index (κ2) is 7.59. The molecule has 1 heterocycles. The van der Waals surface area contributed by atoms with Crippen LogP contribution in [0, 0.1) is 20.8 Å². The largest absolute Gasteiger partial charge is 0.501 e. The fraction of sp³-hybridized carbons (Fsp3) is 0.200. The number of esters is 1. The van der Waals surface area contributed by atoms with E-state index in [4.69, 9.17) is 10.0 Å². The quantitative estimate of drug-likeness (QED) is 0.295. The molecule has 29 heavy (non-hydrogen) atoms. The summed E-state index contributed by atoms with van der Waals surface area (Å²) in [5, 5.41) is 0. The fourth-order valence-electron chi connectivity index (χ4n) is 3.25. The van der Waals surface area contributed by atoms with Crippen molar-refractivity contribution in [1.82, 2.24) is 4.68 Å². The number of aromatic nitrogens is 2. The summed E-state index contributed by atoms with van der Waals surface area (Å²) in [5.74, 6) is 5.43. The van der Waals surface area contributed by atoms with E-state index < -0.39 is 16.1 Å². The van der Waals surface area contributed by atoms with E-state index in [2.05, 4.69) is 4.74 Å². The zero-order valence-electron chi connectivity index (χ0n) is 16.5. The van der Waals surface area contributed by atoms with Crippen molar-refractivity contribution in [3.63, 3.8) is 0 Å². The number of nitrogens with zero attached hydrogens (tertiary/aromatic N) is 2. The Labute approximate surface area is 169 Å². The fourth-order valence-corrected chi connectivity index (χ4v) is 4.60. The van der Waals surface area contributed by atoms with Crippen LogP contribution in [0.1, 0.15) is 27.0 Å². The molecule has 152 valence electrons. The molecule has 8 nitrogen and oxygen atoms in total. The molecule has 0 atom stereocenters. The lowest BCUT2D eigenvalue weighted by Gasteiger charge is -2.11. The number of imidazole rings is 1. The first kappa shape index (κ1) is 20.4. The monoisotopic (exact) mass is 416 g/mol. The van der Waals surface area contributed by atoms with E-state index in [9.17, 15) is 13.2 Å². The molecule has 0 saturated heterocycles. The van der Waals surface area contributed by atoms with Crippen LogP contribution >= 0.6 is 0 Å². The van der Waals surface area contributed by atoms with Crippen molar-refractivity contribution in [1.29, 1.82) is 0 Å². The minimum absolute atomic E-state index is 0.102. The Kier molecular flexibility index (Phi) is 5.34. The number of aryl methyl sites for hydroxylation is 3. The van der Waals surface area contributed by atoms with Gasteiger partial charge >= 0.3 is 22.1 Å². The first-order chi connectivity index (χ1) is 13.6. The highest BCUT2D eigenvalue weighted by atomic mass is 32.2. The van der Waals surface area contributed by atoms with Gasteiger partial charge in [-0.3, -0.25) is 5.84 Å². The van der Waals surface area contributed by atoms with Crippen LogP contribution in [0.25, 0.3) is 5.69 Å². The van der Waals surface area contributed by atoms with Gasteiger partial charge in [0.2, 0.25) is 0 Å². The van der Waals surface area contributed by atoms with Gasteiger partial charge in [-0.15, -0.1) is 0 Å². The van der Waals surface area contributed by atoms with Crippen molar-refractivity contribution in [2.45, 2.75) is 25.7 Å². The number of nitrogen functional groups attached to an aromatic ring is 1. The molecule has 0 aliphatic rings. The lowest BCUT2D eigenvalue weighted by Crippen LogP contribution is -2.34. The number of methoxy groups -OCH3 is 1. The van der Waals surface area contributed by atoms with Gasteiger partial charge in [-0.1, -0.05) is 22.4 Å². The van der Waals surface area contributed by atoms with Gasteiger partial charge in [0.05, 0.1) is 12.7 Å². The van der Waals surface area contributed by atoms with Crippen LogP contribution < -0.4 is 14.6 Å². The normalized spacial score (nSPS) is 11.3. The van der Waals surface area contributed by atoms with Gasteiger partial charge in [0.15, 0.2) is 6.20 Å². The highest BCUT2D eigenvalue weighted by Crippen LogP contribution is 2.24. The zero-order chi connectivity index (χ0) is 21.3. The Morgan fingerprint density at radius 1 is 1.07 bits per heavy atom. The number of benzene rings is 2. The third-order valence-corrected chi connectivity index (χ3v) is 5.92. The average molecular weight is 416 g/mol. The predicted octanol–water partition coefficient (Wildman–Crippen LogP) is 1.96. The molecule has 0 unspecified atom stereocenters. The van der Waals surface area contributed by atoms with E-state index in [1.165, 1.54) is 17.9 Å². The summed E-state index contributed by atoms with van der Waals surface area (Å²) in [6.07, 6.45) is 3.03. The Morgan fingerprint density at radius 3 is 2.21 bits per heavy atom. The molecular formula is C20H22N3O5S+. The average Bonchev–Trinajstić information content (AvgIpc) is 3.00. The zero-order valence-corrected chi connectivity index (χ0v) is 17.4. The first-order valence-corrected chi connectivity index (χ1v) is 10.1. The molecule has 0 bridgehead atoms. The smallest absolute Gasteiger partial charge is 0.465 e. The molecule has 0 fully saturated rings. The topological polar surface area (TPSA) is 104 Å². The molecule has 9 heteroatoms. The molecule has 0 saturated carbocycles. The summed E-state index contributed by atoms with van der Waals surface area (Å²) in [7, 11) is -2.84. The van der Waals surface area contributed by atoms with Crippen molar-refractivity contribution < 1.29 is 26.7 Å². The van der Waals surface area contributed by atoms with E-state index in [0.29, 0.717) is 22.4 Å². The summed E-state index contributed by atoms with van der Waals surface area (Å²) in [5.41, 5.74) is 3.06. The molecular weight excluding hydrogens is 394 g/mol. The van der Waals surface area contributed by atoms with Crippen LogP contribution in [0.15, 0.2) is 53.7 Å². The van der Waals surface area contributed by atoms with Crippen molar-refractivity contribution in [2.24, 2.45) is 0 Å². The molecule has 0 radical (unpaired) electrons. The summed E-state index contributed by atoms with van der Waals surface area (Å²) < 4.78 is 38.7. The van der Waals surface area contributed by atoms with E-state index in [1.54, 1.807) is 56.4 Å². The highest BCUT2D eigenvalue weighted by molar-refractivity contribution is 7.87. The number of rotatable bonds is 5. The Balaban J connectivity index is 2.02. The molecule has 0 aliphatic heterocycles. The SMILES string of the molecule is COC(=O)c1ccc(-[n+]2ccn(N)c2OS(=O)(=O)c2c(C)cc(C)cc2C)cc1. The van der Waals surface area contributed by atoms with Crippen LogP contribution in [0.4, 0.5) is 0 Å². The predicted molar refractivity (Wildman–Crippen MR) is 106 cm³/mol. The summed E-state index contributed by atoms with van der Waals surface area (Å²) in [6.45, 7) is 5.34. The second-order valence-electron chi connectivity index (χ2n) is 6.66. The standard InChI is InChI=1S/C20H22N3O5S/c1-13-11-14(2)18(15(3)12-13)29(25,26)28-20-22(9-10-23(20)21)17-7-5-16(6-8-17)19(24)27-4/h5-12H,21H2,1-4H3/q+1. The van der Waals surface area contributed by atoms with Crippen molar-refractivity contribution >= 4 is 16.1 Å². The highest BCUT2D eigenvalue weighted by Gasteiger charge is 2.30. The lowest BCUT2D eigenvalue weighted by atomic mass is 10.1. The van der Waals surface area contributed by atoms with E-state index >= 15 is 0 Å². The second-order valence-corrected chi connectivity index (χ2v) is 8.14. The van der Waals surface area contributed by atoms with Gasteiger partial charge in [-0.25, -0.2) is 4.79 Å². The minimum atomic E-state index is -4.14. The van der Waals surface area contributed by atoms with E-state index in [0.717, 1.165) is 10.2 Å². The Bertz CT molecular complexity index is 1160. The van der Waals surface area contributed by atoms with Crippen LogP contribution in [0.3, 0.4) is 0 Å². The van der Waals surface area contributed by atoms with Gasteiger partial charge < -0.3 is 8.92 Å². The number of hydrogen-bond donors (Lipinski definition) is 1. The molecule has 1 aromatic heterocycles. The third kappa shape index (κ3) is 3.95. The number of carbonyl (C=O) groups excluding carboxylic acids is 1. The first-order valence-electron chi connectivity index (χ1n) is 8.73. The molecule has 3 aromatic rings. The van der Waals surface area contributed by atoms with Crippen molar-refractivity contribution in [3.8, 4) is 11.7 Å². The molecule has 2 N–H and O–H groups in total. The van der Waals surface area contributed by atoms with Gasteiger partial charge in [0.25, 0.3) is 0 Å². The molecule has 3 rings (SSSR count). The Morgan fingerprint density at radius 2 is 1.66 bits per heavy atom. The van der Waals surface area contributed by atoms with Crippen LogP contribution in [-0.4, -0.2) is 26.2 Å². The molecule has 0 spiro atoms. The summed E-state index contributed by atoms with van der Waals surface area (Å²) >= 11 is 0. The van der Waals surface area contributed by atoms with Crippen LogP contribution in [0.2, 0.25) is 0 Å². The van der Waals surface area contributed by atoms with Gasteiger partial charge in [0, 0.05) is 0 Å².